The van der Waals surface area contributed by atoms with Gasteiger partial charge in [-0.15, -0.1) is 0 Å². The summed E-state index contributed by atoms with van der Waals surface area (Å²) in [6.07, 6.45) is 0. The largest absolute Gasteiger partial charge is 0.496 e. The summed E-state index contributed by atoms with van der Waals surface area (Å²) in [4.78, 5) is 0. The van der Waals surface area contributed by atoms with Crippen LogP contribution >= 0.6 is 11.6 Å². The molecular formula is C11H11ClN2O. The van der Waals surface area contributed by atoms with E-state index >= 15 is 0 Å². The van der Waals surface area contributed by atoms with Crippen molar-refractivity contribution in [2.45, 2.75) is 0 Å². The number of methoxy groups -OCH3 is 1. The minimum absolute atomic E-state index is 0.607. The molecule has 0 aliphatic heterocycles. The number of benzene rings is 1. The Morgan fingerprint density at radius 2 is 2.07 bits per heavy atom. The summed E-state index contributed by atoms with van der Waals surface area (Å²) < 4.78 is 6.88. The van der Waals surface area contributed by atoms with Gasteiger partial charge in [0.25, 0.3) is 0 Å². The Kier molecular flexibility index (Phi) is 2.64. The van der Waals surface area contributed by atoms with E-state index in [2.05, 4.69) is 5.10 Å². The van der Waals surface area contributed by atoms with Crippen LogP contribution in [0, 0.1) is 0 Å². The van der Waals surface area contributed by atoms with E-state index in [9.17, 15) is 0 Å². The van der Waals surface area contributed by atoms with Crippen molar-refractivity contribution in [3.63, 3.8) is 0 Å². The number of aromatic nitrogens is 2. The third kappa shape index (κ3) is 1.83. The molecule has 0 fully saturated rings. The van der Waals surface area contributed by atoms with Crippen LogP contribution in [0.25, 0.3) is 11.3 Å². The van der Waals surface area contributed by atoms with Gasteiger partial charge in [-0.05, 0) is 12.1 Å². The van der Waals surface area contributed by atoms with Gasteiger partial charge < -0.3 is 4.74 Å². The second-order valence-electron chi connectivity index (χ2n) is 3.18. The quantitative estimate of drug-likeness (QED) is 0.781. The number of nitrogens with zero attached hydrogens (tertiary/aromatic N) is 2. The lowest BCUT2D eigenvalue weighted by molar-refractivity contribution is 0.416. The van der Waals surface area contributed by atoms with Gasteiger partial charge in [0.05, 0.1) is 12.8 Å². The molecule has 0 N–H and O–H groups in total. The van der Waals surface area contributed by atoms with Crippen molar-refractivity contribution in [3.8, 4) is 17.0 Å². The van der Waals surface area contributed by atoms with Gasteiger partial charge in [0.2, 0.25) is 0 Å². The molecule has 0 saturated heterocycles. The fraction of sp³-hybridized carbons (Fsp3) is 0.182. The molecule has 0 bridgehead atoms. The summed E-state index contributed by atoms with van der Waals surface area (Å²) in [6.45, 7) is 0. The molecule has 0 aliphatic rings. The van der Waals surface area contributed by atoms with Crippen LogP contribution in [0.4, 0.5) is 0 Å². The number of aryl methyl sites for hydroxylation is 1. The number of hydrogen-bond acceptors (Lipinski definition) is 2. The van der Waals surface area contributed by atoms with Crippen LogP contribution in [0.5, 0.6) is 5.75 Å². The predicted octanol–water partition coefficient (Wildman–Crippen LogP) is 2.75. The topological polar surface area (TPSA) is 27.1 Å². The third-order valence-electron chi connectivity index (χ3n) is 2.21. The number of ether oxygens (including phenoxy) is 1. The van der Waals surface area contributed by atoms with Crippen LogP contribution in [-0.4, -0.2) is 16.9 Å². The summed E-state index contributed by atoms with van der Waals surface area (Å²) in [5.41, 5.74) is 1.77. The van der Waals surface area contributed by atoms with Gasteiger partial charge >= 0.3 is 0 Å². The number of rotatable bonds is 2. The summed E-state index contributed by atoms with van der Waals surface area (Å²) in [7, 11) is 3.45. The molecular weight excluding hydrogens is 212 g/mol. The minimum atomic E-state index is 0.607. The molecule has 0 amide bonds. The first-order chi connectivity index (χ1) is 7.22. The molecule has 1 aromatic carbocycles. The van der Waals surface area contributed by atoms with Crippen molar-refractivity contribution in [1.29, 1.82) is 0 Å². The van der Waals surface area contributed by atoms with Crippen molar-refractivity contribution in [1.82, 2.24) is 9.78 Å². The normalized spacial score (nSPS) is 10.3. The highest BCUT2D eigenvalue weighted by Crippen LogP contribution is 2.29. The van der Waals surface area contributed by atoms with Crippen molar-refractivity contribution < 1.29 is 4.74 Å². The maximum absolute atomic E-state index is 5.93. The Bertz CT molecular complexity index is 460. The Morgan fingerprint density at radius 1 is 1.33 bits per heavy atom. The highest BCUT2D eigenvalue weighted by molar-refractivity contribution is 6.29. The average molecular weight is 223 g/mol. The highest BCUT2D eigenvalue weighted by atomic mass is 35.5. The maximum Gasteiger partial charge on any atom is 0.128 e. The van der Waals surface area contributed by atoms with Crippen LogP contribution < -0.4 is 4.74 Å². The second kappa shape index (κ2) is 3.95. The van der Waals surface area contributed by atoms with Crippen LogP contribution in [0.15, 0.2) is 30.3 Å². The van der Waals surface area contributed by atoms with E-state index in [1.165, 1.54) is 0 Å². The summed E-state index contributed by atoms with van der Waals surface area (Å²) >= 11 is 5.93. The van der Waals surface area contributed by atoms with Gasteiger partial charge in [-0.3, -0.25) is 4.68 Å². The van der Waals surface area contributed by atoms with E-state index in [1.807, 2.05) is 30.3 Å². The molecule has 1 heterocycles. The summed E-state index contributed by atoms with van der Waals surface area (Å²) in [5.74, 6) is 0.798. The molecule has 0 saturated carbocycles. The van der Waals surface area contributed by atoms with Crippen LogP contribution in [-0.2, 0) is 7.05 Å². The van der Waals surface area contributed by atoms with Gasteiger partial charge in [-0.25, -0.2) is 0 Å². The number of para-hydroxylation sites is 1. The van der Waals surface area contributed by atoms with E-state index in [-0.39, 0.29) is 0 Å². The van der Waals surface area contributed by atoms with E-state index in [0.717, 1.165) is 17.0 Å². The van der Waals surface area contributed by atoms with Crippen LogP contribution in [0.3, 0.4) is 0 Å². The van der Waals surface area contributed by atoms with E-state index in [1.54, 1.807) is 18.8 Å². The molecule has 0 spiro atoms. The average Bonchev–Trinajstić information content (AvgIpc) is 2.59. The van der Waals surface area contributed by atoms with Gasteiger partial charge in [0, 0.05) is 18.7 Å². The molecule has 0 aliphatic carbocycles. The number of halogens is 1. The van der Waals surface area contributed by atoms with Gasteiger partial charge in [-0.1, -0.05) is 23.7 Å². The SMILES string of the molecule is COc1ccccc1-c1cc(Cl)n(C)n1. The first-order valence-electron chi connectivity index (χ1n) is 4.55. The van der Waals surface area contributed by atoms with Gasteiger partial charge in [-0.2, -0.15) is 5.10 Å². The summed E-state index contributed by atoms with van der Waals surface area (Å²) in [5, 5.41) is 4.90. The second-order valence-corrected chi connectivity index (χ2v) is 3.56. The summed E-state index contributed by atoms with van der Waals surface area (Å²) in [6, 6.07) is 9.54. The zero-order valence-corrected chi connectivity index (χ0v) is 9.32. The van der Waals surface area contributed by atoms with Crippen LogP contribution in [0.1, 0.15) is 0 Å². The Labute approximate surface area is 93.2 Å². The number of hydrogen-bond donors (Lipinski definition) is 0. The van der Waals surface area contributed by atoms with E-state index in [4.69, 9.17) is 16.3 Å². The van der Waals surface area contributed by atoms with Crippen LogP contribution in [0.2, 0.25) is 5.15 Å². The Balaban J connectivity index is 2.53. The Hall–Kier alpha value is -1.48. The monoisotopic (exact) mass is 222 g/mol. The fourth-order valence-corrected chi connectivity index (χ4v) is 1.57. The predicted molar refractivity (Wildman–Crippen MR) is 60.2 cm³/mol. The highest BCUT2D eigenvalue weighted by Gasteiger charge is 2.09. The molecule has 0 unspecified atom stereocenters. The fourth-order valence-electron chi connectivity index (χ4n) is 1.43. The first-order valence-corrected chi connectivity index (χ1v) is 4.93. The maximum atomic E-state index is 5.93. The molecule has 2 aromatic rings. The van der Waals surface area contributed by atoms with Crippen molar-refractivity contribution in [2.24, 2.45) is 7.05 Å². The van der Waals surface area contributed by atoms with Gasteiger partial charge in [0.15, 0.2) is 0 Å². The molecule has 4 heteroatoms. The van der Waals surface area contributed by atoms with Crippen molar-refractivity contribution >= 4 is 11.6 Å². The minimum Gasteiger partial charge on any atom is -0.496 e. The lowest BCUT2D eigenvalue weighted by Gasteiger charge is -2.04. The van der Waals surface area contributed by atoms with Crippen molar-refractivity contribution in [3.05, 3.63) is 35.5 Å². The molecule has 0 atom stereocenters. The smallest absolute Gasteiger partial charge is 0.128 e. The molecule has 78 valence electrons. The van der Waals surface area contributed by atoms with E-state index < -0.39 is 0 Å². The van der Waals surface area contributed by atoms with Crippen molar-refractivity contribution in [2.75, 3.05) is 7.11 Å². The lowest BCUT2D eigenvalue weighted by atomic mass is 10.1. The Morgan fingerprint density at radius 3 is 2.67 bits per heavy atom. The zero-order valence-electron chi connectivity index (χ0n) is 8.57. The van der Waals surface area contributed by atoms with E-state index in [0.29, 0.717) is 5.15 Å². The third-order valence-corrected chi connectivity index (χ3v) is 2.56. The first kappa shape index (κ1) is 10.1. The standard InChI is InChI=1S/C11H11ClN2O/c1-14-11(12)7-9(13-14)8-5-3-4-6-10(8)15-2/h3-7H,1-2H3. The van der Waals surface area contributed by atoms with Gasteiger partial charge in [0.1, 0.15) is 10.9 Å². The molecule has 1 aromatic heterocycles. The lowest BCUT2D eigenvalue weighted by Crippen LogP contribution is -1.91. The zero-order chi connectivity index (χ0) is 10.8. The molecule has 2 rings (SSSR count). The molecule has 3 nitrogen and oxygen atoms in total. The molecule has 0 radical (unpaired) electrons. The molecule has 15 heavy (non-hydrogen) atoms.